The molecule has 88 valence electrons. The van der Waals surface area contributed by atoms with Gasteiger partial charge in [-0.1, -0.05) is 0 Å². The minimum absolute atomic E-state index is 0. The Labute approximate surface area is 99.8 Å². The molecule has 2 rings (SSSR count). The number of rotatable bonds is 3. The molecule has 0 bridgehead atoms. The van der Waals surface area contributed by atoms with Crippen LogP contribution in [0.1, 0.15) is 11.6 Å². The van der Waals surface area contributed by atoms with Crippen LogP contribution in [0.4, 0.5) is 0 Å². The van der Waals surface area contributed by atoms with Crippen LogP contribution in [0, 0.1) is 0 Å². The molecule has 0 unspecified atom stereocenters. The maximum absolute atomic E-state index is 9.02. The summed E-state index contributed by atoms with van der Waals surface area (Å²) in [6, 6.07) is 5.37. The first kappa shape index (κ1) is 12.8. The van der Waals surface area contributed by atoms with Crippen LogP contribution in [-0.2, 0) is 0 Å². The van der Waals surface area contributed by atoms with Crippen molar-refractivity contribution in [3.8, 4) is 5.75 Å². The van der Waals surface area contributed by atoms with Gasteiger partial charge in [-0.3, -0.25) is 0 Å². The Kier molecular flexibility index (Phi) is 4.18. The smallest absolute Gasteiger partial charge is 0.119 e. The Morgan fingerprint density at radius 1 is 1.50 bits per heavy atom. The number of aliphatic hydroxyl groups excluding tert-OH is 1. The largest absolute Gasteiger partial charge is 0.497 e. The highest BCUT2D eigenvalue weighted by molar-refractivity contribution is 5.85. The third kappa shape index (κ3) is 2.14. The van der Waals surface area contributed by atoms with Crippen molar-refractivity contribution in [3.05, 3.63) is 30.0 Å². The fourth-order valence-corrected chi connectivity index (χ4v) is 1.65. The molecule has 0 aliphatic heterocycles. The van der Waals surface area contributed by atoms with Gasteiger partial charge in [-0.05, 0) is 23.8 Å². The van der Waals surface area contributed by atoms with E-state index < -0.39 is 0 Å². The molecule has 4 nitrogen and oxygen atoms in total. The first-order valence-corrected chi connectivity index (χ1v) is 4.77. The number of nitrogens with two attached hydrogens (primary N) is 1. The average Bonchev–Trinajstić information content (AvgIpc) is 2.70. The zero-order valence-electron chi connectivity index (χ0n) is 8.93. The highest BCUT2D eigenvalue weighted by Gasteiger charge is 2.11. The van der Waals surface area contributed by atoms with Crippen LogP contribution in [0.5, 0.6) is 5.75 Å². The lowest BCUT2D eigenvalue weighted by Crippen LogP contribution is -2.13. The summed E-state index contributed by atoms with van der Waals surface area (Å²) >= 11 is 0. The van der Waals surface area contributed by atoms with Gasteiger partial charge in [0.05, 0.1) is 19.8 Å². The molecular formula is C11H15ClN2O2. The van der Waals surface area contributed by atoms with Gasteiger partial charge in [0.1, 0.15) is 5.75 Å². The number of aromatic nitrogens is 1. The van der Waals surface area contributed by atoms with Crippen LogP contribution in [-0.4, -0.2) is 23.8 Å². The van der Waals surface area contributed by atoms with Crippen molar-refractivity contribution in [2.45, 2.75) is 6.04 Å². The summed E-state index contributed by atoms with van der Waals surface area (Å²) in [5, 5.41) is 10.0. The summed E-state index contributed by atoms with van der Waals surface area (Å²) in [6.07, 6.45) is 1.82. The Hall–Kier alpha value is -1.23. The summed E-state index contributed by atoms with van der Waals surface area (Å²) in [5.74, 6) is 0.786. The van der Waals surface area contributed by atoms with Crippen molar-refractivity contribution in [1.82, 2.24) is 4.98 Å². The second-order valence-corrected chi connectivity index (χ2v) is 3.44. The molecule has 2 aromatic rings. The number of methoxy groups -OCH3 is 1. The minimum Gasteiger partial charge on any atom is -0.497 e. The van der Waals surface area contributed by atoms with Crippen molar-refractivity contribution >= 4 is 23.3 Å². The van der Waals surface area contributed by atoms with Crippen LogP contribution in [0.2, 0.25) is 0 Å². The maximum atomic E-state index is 9.02. The Bertz CT molecular complexity index is 470. The fraction of sp³-hybridized carbons (Fsp3) is 0.273. The van der Waals surface area contributed by atoms with E-state index in [0.717, 1.165) is 22.2 Å². The van der Waals surface area contributed by atoms with Crippen molar-refractivity contribution < 1.29 is 9.84 Å². The number of nitrogens with one attached hydrogen (secondary N) is 1. The van der Waals surface area contributed by atoms with Gasteiger partial charge in [-0.15, -0.1) is 12.4 Å². The van der Waals surface area contributed by atoms with Crippen LogP contribution in [0.25, 0.3) is 10.9 Å². The molecule has 1 aromatic carbocycles. The molecule has 0 spiro atoms. The van der Waals surface area contributed by atoms with Gasteiger partial charge in [0.2, 0.25) is 0 Å². The normalized spacial score (nSPS) is 12.2. The summed E-state index contributed by atoms with van der Waals surface area (Å²) in [4.78, 5) is 3.11. The molecule has 1 aromatic heterocycles. The van der Waals surface area contributed by atoms with Gasteiger partial charge in [-0.2, -0.15) is 0 Å². The molecule has 16 heavy (non-hydrogen) atoms. The number of aromatic amines is 1. The topological polar surface area (TPSA) is 71.3 Å². The van der Waals surface area contributed by atoms with Crippen molar-refractivity contribution in [2.24, 2.45) is 5.73 Å². The number of hydrogen-bond acceptors (Lipinski definition) is 3. The summed E-state index contributed by atoms with van der Waals surface area (Å²) in [6.45, 7) is -0.0653. The first-order chi connectivity index (χ1) is 7.26. The van der Waals surface area contributed by atoms with E-state index in [1.165, 1.54) is 0 Å². The molecule has 0 radical (unpaired) electrons. The van der Waals surface area contributed by atoms with Crippen LogP contribution in [0.3, 0.4) is 0 Å². The highest BCUT2D eigenvalue weighted by Crippen LogP contribution is 2.26. The number of hydrogen-bond donors (Lipinski definition) is 3. The predicted octanol–water partition coefficient (Wildman–Crippen LogP) is 1.59. The number of fused-ring (bicyclic) bond motifs is 1. The number of H-pyrrole nitrogens is 1. The standard InChI is InChI=1S/C11H14N2O2.ClH/c1-15-7-2-3-11-8(4-7)9(5-13-11)10(12)6-14;/h2-5,10,13-14H,6,12H2,1H3;1H/t10-;/m0./s1. The molecule has 0 fully saturated rings. The monoisotopic (exact) mass is 242 g/mol. The molecule has 1 heterocycles. The summed E-state index contributed by atoms with van der Waals surface area (Å²) < 4.78 is 5.14. The number of aliphatic hydroxyl groups is 1. The van der Waals surface area contributed by atoms with E-state index in [2.05, 4.69) is 4.98 Å². The summed E-state index contributed by atoms with van der Waals surface area (Å²) in [5.41, 5.74) is 7.69. The van der Waals surface area contributed by atoms with Gasteiger partial charge in [0, 0.05) is 17.1 Å². The Balaban J connectivity index is 0.00000128. The Morgan fingerprint density at radius 2 is 2.25 bits per heavy atom. The fourth-order valence-electron chi connectivity index (χ4n) is 1.65. The lowest BCUT2D eigenvalue weighted by molar-refractivity contribution is 0.268. The Morgan fingerprint density at radius 3 is 2.88 bits per heavy atom. The SMILES string of the molecule is COc1ccc2[nH]cc([C@@H](N)CO)c2c1.Cl. The molecule has 5 heteroatoms. The molecular weight excluding hydrogens is 228 g/mol. The zero-order chi connectivity index (χ0) is 10.8. The molecule has 0 saturated carbocycles. The zero-order valence-corrected chi connectivity index (χ0v) is 9.75. The molecule has 0 aliphatic rings. The highest BCUT2D eigenvalue weighted by atomic mass is 35.5. The molecule has 0 amide bonds. The van der Waals surface area contributed by atoms with Gasteiger partial charge < -0.3 is 20.6 Å². The van der Waals surface area contributed by atoms with E-state index in [0.29, 0.717) is 0 Å². The van der Waals surface area contributed by atoms with Crippen LogP contribution in [0.15, 0.2) is 24.4 Å². The lowest BCUT2D eigenvalue weighted by Gasteiger charge is -2.06. The van der Waals surface area contributed by atoms with E-state index in [-0.39, 0.29) is 25.1 Å². The predicted molar refractivity (Wildman–Crippen MR) is 66.1 cm³/mol. The summed E-state index contributed by atoms with van der Waals surface area (Å²) in [7, 11) is 1.62. The molecule has 0 aliphatic carbocycles. The third-order valence-electron chi connectivity index (χ3n) is 2.52. The molecule has 1 atom stereocenters. The number of benzene rings is 1. The van der Waals surface area contributed by atoms with E-state index in [9.17, 15) is 0 Å². The van der Waals surface area contributed by atoms with Crippen LogP contribution >= 0.6 is 12.4 Å². The van der Waals surface area contributed by atoms with Gasteiger partial charge in [-0.25, -0.2) is 0 Å². The van der Waals surface area contributed by atoms with Crippen LogP contribution < -0.4 is 10.5 Å². The quantitative estimate of drug-likeness (QED) is 0.766. The average molecular weight is 243 g/mol. The number of halogens is 1. The maximum Gasteiger partial charge on any atom is 0.119 e. The third-order valence-corrected chi connectivity index (χ3v) is 2.52. The minimum atomic E-state index is -0.356. The van der Waals surface area contributed by atoms with E-state index in [4.69, 9.17) is 15.6 Å². The van der Waals surface area contributed by atoms with Crippen molar-refractivity contribution in [1.29, 1.82) is 0 Å². The van der Waals surface area contributed by atoms with Gasteiger partial charge >= 0.3 is 0 Å². The van der Waals surface area contributed by atoms with Gasteiger partial charge in [0.15, 0.2) is 0 Å². The first-order valence-electron chi connectivity index (χ1n) is 4.77. The second-order valence-electron chi connectivity index (χ2n) is 3.44. The molecule has 4 N–H and O–H groups in total. The lowest BCUT2D eigenvalue weighted by atomic mass is 10.1. The van der Waals surface area contributed by atoms with E-state index in [1.807, 2.05) is 24.4 Å². The second kappa shape index (κ2) is 5.21. The van der Waals surface area contributed by atoms with E-state index >= 15 is 0 Å². The number of ether oxygens (including phenoxy) is 1. The van der Waals surface area contributed by atoms with Gasteiger partial charge in [0.25, 0.3) is 0 Å². The molecule has 0 saturated heterocycles. The van der Waals surface area contributed by atoms with Crippen molar-refractivity contribution in [2.75, 3.05) is 13.7 Å². The van der Waals surface area contributed by atoms with E-state index in [1.54, 1.807) is 7.11 Å². The van der Waals surface area contributed by atoms with Crippen molar-refractivity contribution in [3.63, 3.8) is 0 Å².